The zero-order valence-electron chi connectivity index (χ0n) is 47.2. The number of hydrogen-bond acceptors (Lipinski definition) is 15. The minimum absolute atomic E-state index is 0.0128. The minimum atomic E-state index is -4.60. The van der Waals surface area contributed by atoms with Gasteiger partial charge in [-0.15, -0.1) is 11.3 Å². The van der Waals surface area contributed by atoms with Crippen LogP contribution >= 0.6 is 11.3 Å². The van der Waals surface area contributed by atoms with E-state index in [2.05, 4.69) is 42.2 Å². The molecule has 0 spiro atoms. The number of nitrogens with two attached hydrogens (primary N) is 2. The van der Waals surface area contributed by atoms with Crippen LogP contribution in [0.1, 0.15) is 102 Å². The molecular weight excluding hydrogens is 1100 g/mol. The van der Waals surface area contributed by atoms with Crippen molar-refractivity contribution in [1.29, 1.82) is 0 Å². The minimum Gasteiger partial charge on any atom is -0.379 e. The van der Waals surface area contributed by atoms with Crippen LogP contribution in [0.2, 0.25) is 0 Å². The van der Waals surface area contributed by atoms with E-state index in [4.69, 9.17) is 20.9 Å². The van der Waals surface area contributed by atoms with Crippen molar-refractivity contribution >= 4 is 76.7 Å². The van der Waals surface area contributed by atoms with Crippen LogP contribution in [0.15, 0.2) is 35.8 Å². The fourth-order valence-corrected chi connectivity index (χ4v) is 11.0. The van der Waals surface area contributed by atoms with Gasteiger partial charge < -0.3 is 68.0 Å². The Balaban J connectivity index is 1.34. The third-order valence-electron chi connectivity index (χ3n) is 15.0. The molecule has 0 bridgehead atoms. The van der Waals surface area contributed by atoms with Gasteiger partial charge in [-0.05, 0) is 81.6 Å². The van der Waals surface area contributed by atoms with Gasteiger partial charge >= 0.3 is 12.2 Å². The Morgan fingerprint density at radius 2 is 1.62 bits per heavy atom. The largest absolute Gasteiger partial charge is 0.404 e. The van der Waals surface area contributed by atoms with Crippen molar-refractivity contribution in [2.45, 2.75) is 140 Å². The maximum atomic E-state index is 14.1. The molecule has 456 valence electrons. The third-order valence-corrected chi connectivity index (χ3v) is 15.8. The number of hydrogen-bond donors (Lipinski definition) is 9. The first-order valence-electron chi connectivity index (χ1n) is 27.3. The Bertz CT molecular complexity index is 2460. The fraction of sp³-hybridized carbons (Fsp3) is 0.642. The van der Waals surface area contributed by atoms with Crippen molar-refractivity contribution in [2.75, 3.05) is 65.9 Å². The smallest absolute Gasteiger partial charge is 0.379 e. The second kappa shape index (κ2) is 33.2. The molecule has 2 aliphatic heterocycles. The third kappa shape index (κ3) is 20.5. The number of primary amides is 2. The van der Waals surface area contributed by atoms with Gasteiger partial charge in [-0.3, -0.25) is 48.1 Å². The van der Waals surface area contributed by atoms with Crippen molar-refractivity contribution in [3.05, 3.63) is 46.4 Å². The Kier molecular flexibility index (Phi) is 27.3. The van der Waals surface area contributed by atoms with Gasteiger partial charge in [0.1, 0.15) is 17.1 Å². The number of carbonyl (C=O) groups is 10. The predicted molar refractivity (Wildman–Crippen MR) is 294 cm³/mol. The highest BCUT2D eigenvalue weighted by Gasteiger charge is 2.48. The fourth-order valence-electron chi connectivity index (χ4n) is 10.3. The maximum absolute atomic E-state index is 14.1. The highest BCUT2D eigenvalue weighted by molar-refractivity contribution is 7.09. The van der Waals surface area contributed by atoms with Crippen LogP contribution < -0.4 is 48.7 Å². The highest BCUT2D eigenvalue weighted by Crippen LogP contribution is 2.35. The van der Waals surface area contributed by atoms with Crippen LogP contribution in [0.25, 0.3) is 0 Å². The second-order valence-corrected chi connectivity index (χ2v) is 21.4. The molecule has 2 fully saturated rings. The Hall–Kier alpha value is -6.98. The van der Waals surface area contributed by atoms with E-state index in [1.165, 1.54) is 30.2 Å². The predicted octanol–water partition coefficient (Wildman–Crippen LogP) is 1.18. The molecule has 4 rings (SSSR count). The number of anilines is 1. The van der Waals surface area contributed by atoms with Gasteiger partial charge in [0.05, 0.1) is 49.7 Å². The van der Waals surface area contributed by atoms with Crippen molar-refractivity contribution in [3.8, 4) is 0 Å². The lowest BCUT2D eigenvalue weighted by Crippen LogP contribution is -2.54. The molecule has 2 aliphatic rings. The van der Waals surface area contributed by atoms with Crippen molar-refractivity contribution in [3.63, 3.8) is 0 Å². The van der Waals surface area contributed by atoms with Gasteiger partial charge in [0.25, 0.3) is 0 Å². The highest BCUT2D eigenvalue weighted by atomic mass is 32.1. The number of halogens is 3. The van der Waals surface area contributed by atoms with E-state index in [0.29, 0.717) is 48.5 Å². The molecule has 10 atom stereocenters. The van der Waals surface area contributed by atoms with Gasteiger partial charge in [-0.1, -0.05) is 39.3 Å². The van der Waals surface area contributed by atoms with Gasteiger partial charge in [0.2, 0.25) is 53.7 Å². The lowest BCUT2D eigenvalue weighted by Gasteiger charge is -2.39. The molecule has 0 radical (unpaired) electrons. The number of aromatic nitrogens is 1. The summed E-state index contributed by atoms with van der Waals surface area (Å²) in [5.41, 5.74) is 11.3. The van der Waals surface area contributed by atoms with E-state index in [1.54, 1.807) is 48.5 Å². The molecule has 82 heavy (non-hydrogen) atoms. The van der Waals surface area contributed by atoms with E-state index in [9.17, 15) is 61.1 Å². The number of thiazole rings is 1. The van der Waals surface area contributed by atoms with E-state index >= 15 is 0 Å². The monoisotopic (exact) mass is 1180 g/mol. The number of nitrogens with zero attached hydrogens (tertiary/aromatic N) is 4. The first-order chi connectivity index (χ1) is 38.9. The number of nitrogens with one attached hydrogen (secondary N) is 7. The molecule has 3 heterocycles. The molecular formula is C53H80F3N13O12S. The number of rotatable bonds is 33. The standard InChI is InChI=1S/C53H80F3N13O12S/c1-7-31(2)45(67(4)43(74)29-59-30-70)38(80-5)26-42(73)69-22-9-12-37(69)46(81-6)32(3)48(76)66-44(51-60-20-24-82-51)50(78)63-27-33-14-16-35(17-15-33)64-49(77)36(11-8-19-61-52(58)79)65-41(72)28-62-40(71)13-10-21-68-23-18-34(47(57)75)25-39(68)53(54,55)56/h14-17,20,24,30-32,34,36-39,44-46H,7-13,18-19,21-23,25-29H2,1-6H3,(H2,57,75)(H,59,70)(H,62,71)(H,63,78)(H,64,77)(H,65,72)(H,66,76)(H3,58,61,79)/t31?,32?,34?,36?,37?,38?,39?,44?,45-,46?/m0/s1. The van der Waals surface area contributed by atoms with Crippen molar-refractivity contribution in [2.24, 2.45) is 29.2 Å². The number of methoxy groups -OCH3 is 2. The Labute approximate surface area is 479 Å². The number of urea groups is 1. The molecule has 0 saturated carbocycles. The van der Waals surface area contributed by atoms with Crippen LogP contribution in [-0.4, -0.2) is 182 Å². The number of likely N-dealkylation sites (N-methyl/N-ethyl adjacent to an activating group) is 1. The number of alkyl halides is 3. The molecule has 0 aliphatic carbocycles. The molecule has 29 heteroatoms. The molecule has 11 amide bonds. The lowest BCUT2D eigenvalue weighted by molar-refractivity contribution is -0.195. The van der Waals surface area contributed by atoms with Gasteiger partial charge in [-0.2, -0.15) is 13.2 Å². The summed E-state index contributed by atoms with van der Waals surface area (Å²) < 4.78 is 53.1. The van der Waals surface area contributed by atoms with Crippen LogP contribution in [0, 0.1) is 17.8 Å². The van der Waals surface area contributed by atoms with Crippen molar-refractivity contribution in [1.82, 2.24) is 51.6 Å². The van der Waals surface area contributed by atoms with Gasteiger partial charge in [0.15, 0.2) is 6.04 Å². The summed E-state index contributed by atoms with van der Waals surface area (Å²) in [6.07, 6.45) is -2.58. The number of carbonyl (C=O) groups excluding carboxylic acids is 10. The van der Waals surface area contributed by atoms with Crippen LogP contribution in [0.3, 0.4) is 0 Å². The molecule has 1 aromatic carbocycles. The number of likely N-dealkylation sites (tertiary alicyclic amines) is 2. The quantitative estimate of drug-likeness (QED) is 0.0358. The van der Waals surface area contributed by atoms with Crippen molar-refractivity contribution < 1.29 is 70.6 Å². The summed E-state index contributed by atoms with van der Waals surface area (Å²) >= 11 is 1.16. The summed E-state index contributed by atoms with van der Waals surface area (Å²) in [6, 6.07) is 0.319. The number of benzene rings is 1. The Morgan fingerprint density at radius 3 is 2.23 bits per heavy atom. The molecule has 1 aromatic heterocycles. The van der Waals surface area contributed by atoms with Crippen LogP contribution in [0.4, 0.5) is 23.7 Å². The molecule has 11 N–H and O–H groups in total. The number of ether oxygens (including phenoxy) is 2. The average Bonchev–Trinajstić information content (AvgIpc) is 4.31. The second-order valence-electron chi connectivity index (χ2n) is 20.5. The molecule has 9 unspecified atom stereocenters. The Morgan fingerprint density at radius 1 is 0.902 bits per heavy atom. The van der Waals surface area contributed by atoms with Crippen LogP contribution in [-0.2, 0) is 59.2 Å². The average molecular weight is 1180 g/mol. The topological polar surface area (TPSA) is 348 Å². The normalized spacial score (nSPS) is 18.9. The molecule has 2 saturated heterocycles. The molecule has 2 aromatic rings. The summed E-state index contributed by atoms with van der Waals surface area (Å²) in [4.78, 5) is 137. The zero-order valence-corrected chi connectivity index (χ0v) is 48.0. The summed E-state index contributed by atoms with van der Waals surface area (Å²) in [5.74, 6) is -6.33. The maximum Gasteiger partial charge on any atom is 0.404 e. The number of amides is 11. The SMILES string of the molecule is CCC(C)[C@@H](C(CC(=O)N1CCCC1C(OC)C(C)C(=O)NC(C(=O)NCc1ccc(NC(=O)C(CCCNC(N)=O)NC(=O)CNC(=O)CCCN2CCC(C(N)=O)CC2C(F)(F)F)cc1)c1nccs1)OC)N(C)C(=O)CNC=O. The van der Waals surface area contributed by atoms with E-state index in [1.807, 2.05) is 13.8 Å². The summed E-state index contributed by atoms with van der Waals surface area (Å²) in [5, 5.41) is 20.1. The van der Waals surface area contributed by atoms with Crippen LogP contribution in [0.5, 0.6) is 0 Å². The zero-order chi connectivity index (χ0) is 60.7. The number of piperidine rings is 1. The lowest BCUT2D eigenvalue weighted by atomic mass is 9.89. The van der Waals surface area contributed by atoms with Gasteiger partial charge in [0, 0.05) is 70.5 Å². The van der Waals surface area contributed by atoms with E-state index < -0.39 is 115 Å². The first kappa shape index (κ1) is 67.5. The first-order valence-corrected chi connectivity index (χ1v) is 28.2. The van der Waals surface area contributed by atoms with E-state index in [0.717, 1.165) is 11.3 Å². The van der Waals surface area contributed by atoms with Gasteiger partial charge in [-0.25, -0.2) is 9.78 Å². The summed E-state index contributed by atoms with van der Waals surface area (Å²) in [6.45, 7) is 5.16. The van der Waals surface area contributed by atoms with E-state index in [-0.39, 0.29) is 89.0 Å². The summed E-state index contributed by atoms with van der Waals surface area (Å²) in [7, 11) is 4.55. The molecule has 25 nitrogen and oxygen atoms in total.